The zero-order valence-corrected chi connectivity index (χ0v) is 10.7. The summed E-state index contributed by atoms with van der Waals surface area (Å²) in [6.07, 6.45) is 6.46. The molecular formula is C13H16BrNO. The van der Waals surface area contributed by atoms with Crippen molar-refractivity contribution in [3.8, 4) is 0 Å². The van der Waals surface area contributed by atoms with E-state index >= 15 is 0 Å². The molecule has 0 fully saturated rings. The second kappa shape index (κ2) is 6.06. The van der Waals surface area contributed by atoms with Crippen LogP contribution in [0, 0.1) is 0 Å². The summed E-state index contributed by atoms with van der Waals surface area (Å²) in [6, 6.07) is 8.35. The molecule has 1 unspecified atom stereocenters. The molecule has 0 saturated heterocycles. The molecule has 86 valence electrons. The van der Waals surface area contributed by atoms with Gasteiger partial charge < -0.3 is 10.1 Å². The number of allylic oxidation sites excluding steroid dienone is 1. The molecular weight excluding hydrogens is 266 g/mol. The molecule has 0 bridgehead atoms. The van der Waals surface area contributed by atoms with Gasteiger partial charge in [0.1, 0.15) is 6.10 Å². The van der Waals surface area contributed by atoms with Crippen LogP contribution in [-0.4, -0.2) is 12.6 Å². The Labute approximate surface area is 105 Å². The summed E-state index contributed by atoms with van der Waals surface area (Å²) in [7, 11) is 0. The maximum Gasteiger partial charge on any atom is 0.110 e. The standard InChI is InChI=1S/C13H16BrNO/c14-12-5-3-4-11(8-12)9-15-10-13-6-1-2-7-16-13/h2-5,7-8,13,15H,1,6,9-10H2. The van der Waals surface area contributed by atoms with E-state index in [1.165, 1.54) is 5.56 Å². The van der Waals surface area contributed by atoms with Crippen LogP contribution in [0.1, 0.15) is 18.4 Å². The highest BCUT2D eigenvalue weighted by molar-refractivity contribution is 9.10. The predicted molar refractivity (Wildman–Crippen MR) is 69.1 cm³/mol. The summed E-state index contributed by atoms with van der Waals surface area (Å²) in [5.41, 5.74) is 1.29. The molecule has 16 heavy (non-hydrogen) atoms. The Hall–Kier alpha value is -0.800. The van der Waals surface area contributed by atoms with Crippen molar-refractivity contribution in [2.24, 2.45) is 0 Å². The predicted octanol–water partition coefficient (Wildman–Crippen LogP) is 3.23. The zero-order valence-electron chi connectivity index (χ0n) is 9.16. The second-order valence-corrected chi connectivity index (χ2v) is 4.88. The molecule has 3 heteroatoms. The first-order valence-corrected chi connectivity index (χ1v) is 6.39. The highest BCUT2D eigenvalue weighted by Crippen LogP contribution is 2.12. The lowest BCUT2D eigenvalue weighted by molar-refractivity contribution is 0.122. The minimum Gasteiger partial charge on any atom is -0.497 e. The van der Waals surface area contributed by atoms with Crippen LogP contribution in [0.2, 0.25) is 0 Å². The van der Waals surface area contributed by atoms with Gasteiger partial charge in [-0.2, -0.15) is 0 Å². The van der Waals surface area contributed by atoms with Gasteiger partial charge in [-0.15, -0.1) is 0 Å². The fourth-order valence-corrected chi connectivity index (χ4v) is 2.21. The minimum absolute atomic E-state index is 0.331. The molecule has 0 aromatic heterocycles. The topological polar surface area (TPSA) is 21.3 Å². The fraction of sp³-hybridized carbons (Fsp3) is 0.385. The number of hydrogen-bond acceptors (Lipinski definition) is 2. The lowest BCUT2D eigenvalue weighted by atomic mass is 10.1. The van der Waals surface area contributed by atoms with E-state index in [0.29, 0.717) is 6.10 Å². The van der Waals surface area contributed by atoms with Gasteiger partial charge in [0.05, 0.1) is 6.26 Å². The first kappa shape index (κ1) is 11.7. The molecule has 0 radical (unpaired) electrons. The molecule has 2 rings (SSSR count). The Morgan fingerprint density at radius 1 is 1.44 bits per heavy atom. The third-order valence-electron chi connectivity index (χ3n) is 2.61. The number of rotatable bonds is 4. The van der Waals surface area contributed by atoms with Crippen molar-refractivity contribution in [3.05, 3.63) is 46.6 Å². The molecule has 0 amide bonds. The van der Waals surface area contributed by atoms with E-state index < -0.39 is 0 Å². The van der Waals surface area contributed by atoms with Gasteiger partial charge >= 0.3 is 0 Å². The Morgan fingerprint density at radius 2 is 2.38 bits per heavy atom. The van der Waals surface area contributed by atoms with Crippen LogP contribution in [0.3, 0.4) is 0 Å². The number of hydrogen-bond donors (Lipinski definition) is 1. The molecule has 0 spiro atoms. The zero-order chi connectivity index (χ0) is 11.2. The third kappa shape index (κ3) is 3.65. The Kier molecular flexibility index (Phi) is 4.43. The average Bonchev–Trinajstić information content (AvgIpc) is 2.30. The van der Waals surface area contributed by atoms with Crippen LogP contribution in [0.5, 0.6) is 0 Å². The molecule has 1 atom stereocenters. The second-order valence-electron chi connectivity index (χ2n) is 3.97. The maximum absolute atomic E-state index is 5.49. The van der Waals surface area contributed by atoms with Crippen molar-refractivity contribution in [3.63, 3.8) is 0 Å². The largest absolute Gasteiger partial charge is 0.497 e. The molecule has 1 aromatic carbocycles. The lowest BCUT2D eigenvalue weighted by Crippen LogP contribution is -2.28. The summed E-state index contributed by atoms with van der Waals surface area (Å²) >= 11 is 3.47. The molecule has 0 aliphatic carbocycles. The van der Waals surface area contributed by atoms with Gasteiger partial charge in [-0.1, -0.05) is 28.1 Å². The smallest absolute Gasteiger partial charge is 0.110 e. The van der Waals surface area contributed by atoms with Gasteiger partial charge in [0, 0.05) is 17.6 Å². The van der Waals surface area contributed by atoms with E-state index in [-0.39, 0.29) is 0 Å². The molecule has 0 saturated carbocycles. The van der Waals surface area contributed by atoms with Gasteiger partial charge in [-0.3, -0.25) is 0 Å². The minimum atomic E-state index is 0.331. The van der Waals surface area contributed by atoms with Gasteiger partial charge in [0.15, 0.2) is 0 Å². The summed E-state index contributed by atoms with van der Waals surface area (Å²) < 4.78 is 6.62. The first-order chi connectivity index (χ1) is 7.84. The number of ether oxygens (including phenoxy) is 1. The van der Waals surface area contributed by atoms with Gasteiger partial charge in [-0.05, 0) is 36.6 Å². The molecule has 1 aliphatic rings. The molecule has 1 N–H and O–H groups in total. The summed E-state index contributed by atoms with van der Waals surface area (Å²) in [4.78, 5) is 0. The Balaban J connectivity index is 1.73. The quantitative estimate of drug-likeness (QED) is 0.915. The van der Waals surface area contributed by atoms with E-state index in [2.05, 4.69) is 45.5 Å². The van der Waals surface area contributed by atoms with Gasteiger partial charge in [-0.25, -0.2) is 0 Å². The van der Waals surface area contributed by atoms with Crippen LogP contribution in [0.15, 0.2) is 41.1 Å². The van der Waals surface area contributed by atoms with E-state index in [1.807, 2.05) is 12.3 Å². The third-order valence-corrected chi connectivity index (χ3v) is 3.11. The maximum atomic E-state index is 5.49. The van der Waals surface area contributed by atoms with Crippen molar-refractivity contribution >= 4 is 15.9 Å². The van der Waals surface area contributed by atoms with Gasteiger partial charge in [0.2, 0.25) is 0 Å². The van der Waals surface area contributed by atoms with Crippen LogP contribution < -0.4 is 5.32 Å². The number of halogens is 1. The highest BCUT2D eigenvalue weighted by atomic mass is 79.9. The highest BCUT2D eigenvalue weighted by Gasteiger charge is 2.09. The van der Waals surface area contributed by atoms with E-state index in [4.69, 9.17) is 4.74 Å². The summed E-state index contributed by atoms with van der Waals surface area (Å²) in [6.45, 7) is 1.81. The van der Waals surface area contributed by atoms with Crippen LogP contribution >= 0.6 is 15.9 Å². The Bertz CT molecular complexity index is 365. The summed E-state index contributed by atoms with van der Waals surface area (Å²) in [5.74, 6) is 0. The monoisotopic (exact) mass is 281 g/mol. The van der Waals surface area contributed by atoms with Crippen molar-refractivity contribution in [2.75, 3.05) is 6.54 Å². The van der Waals surface area contributed by atoms with Crippen molar-refractivity contribution < 1.29 is 4.74 Å². The van der Waals surface area contributed by atoms with E-state index in [1.54, 1.807) is 0 Å². The van der Waals surface area contributed by atoms with Crippen LogP contribution in [-0.2, 0) is 11.3 Å². The molecule has 1 heterocycles. The van der Waals surface area contributed by atoms with Crippen molar-refractivity contribution in [1.82, 2.24) is 5.32 Å². The van der Waals surface area contributed by atoms with E-state index in [0.717, 1.165) is 30.4 Å². The molecule has 1 aromatic rings. The van der Waals surface area contributed by atoms with Crippen LogP contribution in [0.25, 0.3) is 0 Å². The summed E-state index contributed by atoms with van der Waals surface area (Å²) in [5, 5.41) is 3.42. The first-order valence-electron chi connectivity index (χ1n) is 5.60. The average molecular weight is 282 g/mol. The lowest BCUT2D eigenvalue weighted by Gasteiger charge is -2.19. The van der Waals surface area contributed by atoms with Gasteiger partial charge in [0.25, 0.3) is 0 Å². The van der Waals surface area contributed by atoms with Crippen molar-refractivity contribution in [1.29, 1.82) is 0 Å². The fourth-order valence-electron chi connectivity index (χ4n) is 1.76. The number of benzene rings is 1. The Morgan fingerprint density at radius 3 is 3.12 bits per heavy atom. The van der Waals surface area contributed by atoms with E-state index in [9.17, 15) is 0 Å². The van der Waals surface area contributed by atoms with Crippen LogP contribution in [0.4, 0.5) is 0 Å². The SMILES string of the molecule is Brc1cccc(CNCC2CCC=CO2)c1. The number of nitrogens with one attached hydrogen (secondary N) is 1. The molecule has 1 aliphatic heterocycles. The normalized spacial score (nSPS) is 19.4. The molecule has 2 nitrogen and oxygen atoms in total. The van der Waals surface area contributed by atoms with Crippen molar-refractivity contribution in [2.45, 2.75) is 25.5 Å².